The normalized spacial score (nSPS) is 11.5. The van der Waals surface area contributed by atoms with E-state index in [1.54, 1.807) is 24.4 Å². The molecule has 0 aliphatic heterocycles. The molecule has 1 amide bonds. The number of hydrogen-bond acceptors (Lipinski definition) is 2. The highest BCUT2D eigenvalue weighted by molar-refractivity contribution is 5.97. The van der Waals surface area contributed by atoms with Gasteiger partial charge in [-0.25, -0.2) is 0 Å². The van der Waals surface area contributed by atoms with E-state index in [1.807, 2.05) is 24.3 Å². The fourth-order valence-corrected chi connectivity index (χ4v) is 2.59. The smallest absolute Gasteiger partial charge is 0.375 e. The molecule has 0 saturated carbocycles. The lowest BCUT2D eigenvalue weighted by Crippen LogP contribution is -2.22. The largest absolute Gasteiger partial charge is 0.405 e. The number of carbonyl (C=O) groups excluding carboxylic acids is 1. The molecule has 0 radical (unpaired) electrons. The number of amides is 1. The van der Waals surface area contributed by atoms with Gasteiger partial charge < -0.3 is 15.6 Å². The van der Waals surface area contributed by atoms with Crippen LogP contribution >= 0.6 is 0 Å². The van der Waals surface area contributed by atoms with Crippen LogP contribution in [0.5, 0.6) is 0 Å². The lowest BCUT2D eigenvalue weighted by atomic mass is 10.1. The summed E-state index contributed by atoms with van der Waals surface area (Å²) in [6.45, 7) is -1.16. The van der Waals surface area contributed by atoms with E-state index in [0.717, 1.165) is 16.5 Å². The molecule has 0 bridgehead atoms. The zero-order chi connectivity index (χ0) is 17.9. The Hall–Kier alpha value is -2.96. The number of para-hydroxylation sites is 3. The number of benzene rings is 2. The Kier molecular flexibility index (Phi) is 4.65. The highest BCUT2D eigenvalue weighted by Crippen LogP contribution is 2.24. The molecule has 3 rings (SSSR count). The molecule has 0 aliphatic carbocycles. The minimum absolute atomic E-state index is 0.123. The first-order valence-electron chi connectivity index (χ1n) is 7.67. The summed E-state index contributed by atoms with van der Waals surface area (Å²) in [7, 11) is 0. The van der Waals surface area contributed by atoms with Gasteiger partial charge in [-0.05, 0) is 23.8 Å². The van der Waals surface area contributed by atoms with Crippen molar-refractivity contribution in [3.63, 3.8) is 0 Å². The van der Waals surface area contributed by atoms with E-state index in [9.17, 15) is 18.0 Å². The Morgan fingerprint density at radius 2 is 1.68 bits per heavy atom. The van der Waals surface area contributed by atoms with Gasteiger partial charge in [0.15, 0.2) is 0 Å². The molecule has 130 valence electrons. The second-order valence-electron chi connectivity index (χ2n) is 5.60. The minimum atomic E-state index is -4.33. The van der Waals surface area contributed by atoms with Crippen LogP contribution in [-0.4, -0.2) is 23.6 Å². The van der Waals surface area contributed by atoms with Gasteiger partial charge in [0.2, 0.25) is 5.91 Å². The molecule has 1 aromatic heterocycles. The molecule has 3 aromatic rings. The number of H-pyrrole nitrogens is 1. The average molecular weight is 347 g/mol. The van der Waals surface area contributed by atoms with Gasteiger partial charge in [-0.3, -0.25) is 4.79 Å². The van der Waals surface area contributed by atoms with Gasteiger partial charge in [0, 0.05) is 17.1 Å². The quantitative estimate of drug-likeness (QED) is 0.644. The van der Waals surface area contributed by atoms with Gasteiger partial charge in [0.05, 0.1) is 17.8 Å². The first-order valence-corrected chi connectivity index (χ1v) is 7.67. The average Bonchev–Trinajstić information content (AvgIpc) is 2.96. The van der Waals surface area contributed by atoms with Crippen molar-refractivity contribution >= 4 is 28.2 Å². The number of fused-ring (bicyclic) bond motifs is 1. The van der Waals surface area contributed by atoms with Crippen LogP contribution in [-0.2, 0) is 11.2 Å². The molecule has 0 aliphatic rings. The third-order valence-corrected chi connectivity index (χ3v) is 3.71. The monoisotopic (exact) mass is 347 g/mol. The first kappa shape index (κ1) is 16.9. The molecule has 1 heterocycles. The van der Waals surface area contributed by atoms with E-state index in [1.165, 1.54) is 6.07 Å². The van der Waals surface area contributed by atoms with Crippen molar-refractivity contribution in [2.45, 2.75) is 12.6 Å². The predicted octanol–water partition coefficient (Wildman–Crippen LogP) is 4.32. The summed E-state index contributed by atoms with van der Waals surface area (Å²) in [4.78, 5) is 15.4. The van der Waals surface area contributed by atoms with Crippen LogP contribution in [0.1, 0.15) is 5.56 Å². The minimum Gasteiger partial charge on any atom is -0.375 e. The molecule has 4 nitrogen and oxygen atoms in total. The van der Waals surface area contributed by atoms with Gasteiger partial charge in [0.1, 0.15) is 6.54 Å². The molecule has 0 fully saturated rings. The summed E-state index contributed by atoms with van der Waals surface area (Å²) in [5.41, 5.74) is 2.30. The molecule has 0 spiro atoms. The Morgan fingerprint density at radius 3 is 2.44 bits per heavy atom. The van der Waals surface area contributed by atoms with Crippen LogP contribution in [0.25, 0.3) is 10.9 Å². The number of aromatic amines is 1. The van der Waals surface area contributed by atoms with Crippen molar-refractivity contribution in [2.75, 3.05) is 17.2 Å². The zero-order valence-corrected chi connectivity index (χ0v) is 13.2. The Morgan fingerprint density at radius 1 is 1.00 bits per heavy atom. The maximum absolute atomic E-state index is 12.4. The van der Waals surface area contributed by atoms with E-state index in [0.29, 0.717) is 5.69 Å². The molecular formula is C18H16F3N3O. The number of nitrogens with one attached hydrogen (secondary N) is 3. The van der Waals surface area contributed by atoms with Gasteiger partial charge in [0.25, 0.3) is 0 Å². The third-order valence-electron chi connectivity index (χ3n) is 3.71. The Bertz CT molecular complexity index is 886. The van der Waals surface area contributed by atoms with Crippen molar-refractivity contribution in [1.82, 2.24) is 4.98 Å². The van der Waals surface area contributed by atoms with Gasteiger partial charge in [-0.15, -0.1) is 0 Å². The molecule has 0 atom stereocenters. The van der Waals surface area contributed by atoms with Gasteiger partial charge in [-0.2, -0.15) is 13.2 Å². The van der Waals surface area contributed by atoms with Gasteiger partial charge in [-0.1, -0.05) is 30.3 Å². The first-order chi connectivity index (χ1) is 11.9. The van der Waals surface area contributed by atoms with Crippen molar-refractivity contribution in [1.29, 1.82) is 0 Å². The van der Waals surface area contributed by atoms with Crippen molar-refractivity contribution in [2.24, 2.45) is 0 Å². The van der Waals surface area contributed by atoms with Gasteiger partial charge >= 0.3 is 6.18 Å². The van der Waals surface area contributed by atoms with Crippen LogP contribution in [0.2, 0.25) is 0 Å². The molecular weight excluding hydrogens is 331 g/mol. The number of halogens is 3. The predicted molar refractivity (Wildman–Crippen MR) is 91.6 cm³/mol. The van der Waals surface area contributed by atoms with Crippen LogP contribution < -0.4 is 10.6 Å². The molecule has 7 heteroatoms. The summed E-state index contributed by atoms with van der Waals surface area (Å²) in [6.07, 6.45) is -2.45. The summed E-state index contributed by atoms with van der Waals surface area (Å²) in [6, 6.07) is 13.9. The SMILES string of the molecule is O=C(Cc1c[nH]c2ccccc12)Nc1ccccc1NCC(F)(F)F. The fourth-order valence-electron chi connectivity index (χ4n) is 2.59. The van der Waals surface area contributed by atoms with Crippen LogP contribution in [0.4, 0.5) is 24.5 Å². The van der Waals surface area contributed by atoms with Crippen molar-refractivity contribution in [3.05, 3.63) is 60.3 Å². The van der Waals surface area contributed by atoms with E-state index >= 15 is 0 Å². The Labute approximate surface area is 142 Å². The number of alkyl halides is 3. The zero-order valence-electron chi connectivity index (χ0n) is 13.2. The van der Waals surface area contributed by atoms with Crippen LogP contribution in [0, 0.1) is 0 Å². The lowest BCUT2D eigenvalue weighted by Gasteiger charge is -2.14. The second-order valence-corrected chi connectivity index (χ2v) is 5.60. The van der Waals surface area contributed by atoms with E-state index in [4.69, 9.17) is 0 Å². The lowest BCUT2D eigenvalue weighted by molar-refractivity contribution is -0.116. The summed E-state index contributed by atoms with van der Waals surface area (Å²) < 4.78 is 37.1. The molecule has 3 N–H and O–H groups in total. The highest BCUT2D eigenvalue weighted by atomic mass is 19.4. The summed E-state index contributed by atoms with van der Waals surface area (Å²) in [5, 5.41) is 5.91. The van der Waals surface area contributed by atoms with Crippen molar-refractivity contribution < 1.29 is 18.0 Å². The third kappa shape index (κ3) is 4.32. The summed E-state index contributed by atoms with van der Waals surface area (Å²) >= 11 is 0. The number of aromatic nitrogens is 1. The summed E-state index contributed by atoms with van der Waals surface area (Å²) in [5.74, 6) is -0.300. The fraction of sp³-hybridized carbons (Fsp3) is 0.167. The number of carbonyl (C=O) groups is 1. The van der Waals surface area contributed by atoms with E-state index in [-0.39, 0.29) is 18.0 Å². The molecule has 25 heavy (non-hydrogen) atoms. The van der Waals surface area contributed by atoms with E-state index in [2.05, 4.69) is 15.6 Å². The topological polar surface area (TPSA) is 56.9 Å². The maximum atomic E-state index is 12.4. The van der Waals surface area contributed by atoms with Crippen LogP contribution in [0.15, 0.2) is 54.7 Å². The number of anilines is 2. The highest BCUT2D eigenvalue weighted by Gasteiger charge is 2.27. The number of hydrogen-bond donors (Lipinski definition) is 3. The second kappa shape index (κ2) is 6.88. The Balaban J connectivity index is 1.71. The maximum Gasteiger partial charge on any atom is 0.405 e. The molecule has 2 aromatic carbocycles. The van der Waals surface area contributed by atoms with E-state index < -0.39 is 12.7 Å². The molecule has 0 unspecified atom stereocenters. The van der Waals surface area contributed by atoms with Crippen LogP contribution in [0.3, 0.4) is 0 Å². The van der Waals surface area contributed by atoms with Crippen molar-refractivity contribution in [3.8, 4) is 0 Å². The number of rotatable bonds is 5. The standard InChI is InChI=1S/C18H16F3N3O/c19-18(20,21)11-23-15-7-3-4-8-16(15)24-17(25)9-12-10-22-14-6-2-1-5-13(12)14/h1-8,10,22-23H,9,11H2,(H,24,25). The molecule has 0 saturated heterocycles.